The van der Waals surface area contributed by atoms with Crippen LogP contribution in [0.2, 0.25) is 0 Å². The van der Waals surface area contributed by atoms with E-state index in [1.54, 1.807) is 12.3 Å². The summed E-state index contributed by atoms with van der Waals surface area (Å²) in [6.07, 6.45) is 3.28. The molecule has 1 fully saturated rings. The number of hydrogen-bond acceptors (Lipinski definition) is 3. The molecule has 85 valence electrons. The van der Waals surface area contributed by atoms with Crippen molar-refractivity contribution in [3.8, 4) is 0 Å². The van der Waals surface area contributed by atoms with Crippen LogP contribution in [0.4, 0.5) is 5.82 Å². The van der Waals surface area contributed by atoms with Crippen LogP contribution in [0.5, 0.6) is 0 Å². The van der Waals surface area contributed by atoms with Crippen LogP contribution in [0.15, 0.2) is 12.3 Å². The number of nitrogens with zero attached hydrogens (tertiary/aromatic N) is 2. The van der Waals surface area contributed by atoms with E-state index >= 15 is 0 Å². The van der Waals surface area contributed by atoms with Crippen molar-refractivity contribution in [1.82, 2.24) is 4.98 Å². The second-order valence-electron chi connectivity index (χ2n) is 3.68. The zero-order valence-corrected chi connectivity index (χ0v) is 12.8. The summed E-state index contributed by atoms with van der Waals surface area (Å²) < 4.78 is 24.9. The number of aryl methyl sites for hydroxylation is 1. The molecule has 2 heterocycles. The molecule has 1 aliphatic heterocycles. The second-order valence-corrected chi connectivity index (χ2v) is 5.70. The number of pyridine rings is 1. The fourth-order valence-corrected chi connectivity index (χ4v) is 3.18. The van der Waals surface area contributed by atoms with Crippen LogP contribution in [-0.4, -0.2) is 25.7 Å². The van der Waals surface area contributed by atoms with Gasteiger partial charge in [0.15, 0.2) is 0 Å². The average Bonchev–Trinajstić information content (AvgIpc) is 2.19. The van der Waals surface area contributed by atoms with Crippen LogP contribution in [0.3, 0.4) is 0 Å². The molecule has 0 saturated carbocycles. The number of rotatable bonds is 1. The van der Waals surface area contributed by atoms with Gasteiger partial charge in [0.25, 0.3) is 0 Å². The van der Waals surface area contributed by atoms with Crippen molar-refractivity contribution >= 4 is 15.8 Å². The van der Waals surface area contributed by atoms with Crippen molar-refractivity contribution in [3.63, 3.8) is 0 Å². The van der Waals surface area contributed by atoms with Gasteiger partial charge in [-0.3, -0.25) is 0 Å². The zero-order chi connectivity index (χ0) is 10.9. The normalized spacial score (nSPS) is 18.9. The van der Waals surface area contributed by atoms with Crippen molar-refractivity contribution in [2.24, 2.45) is 0 Å². The standard InChI is InChI=1S/C10H13N2O2S.Y/c1-9-4-5-10(11-8-9)12-6-2-3-7-15(12,13)14;/h5,8H,2-3,6-7H2,1H3;/q-1;. The van der Waals surface area contributed by atoms with E-state index < -0.39 is 10.0 Å². The Labute approximate surface area is 121 Å². The predicted octanol–water partition coefficient (Wildman–Crippen LogP) is 1.12. The van der Waals surface area contributed by atoms with Gasteiger partial charge in [0.05, 0.1) is 5.75 Å². The fraction of sp³-hybridized carbons (Fsp3) is 0.500. The molecule has 1 saturated heterocycles. The number of aromatic nitrogens is 1. The molecule has 1 aromatic heterocycles. The topological polar surface area (TPSA) is 50.3 Å². The maximum Gasteiger partial charge on any atom is 0.226 e. The summed E-state index contributed by atoms with van der Waals surface area (Å²) in [4.78, 5) is 4.11. The van der Waals surface area contributed by atoms with E-state index in [2.05, 4.69) is 11.1 Å². The molecule has 1 aromatic rings. The molecule has 0 aliphatic carbocycles. The molecular formula is C10H13N2O2SY-. The zero-order valence-electron chi connectivity index (χ0n) is 9.18. The molecule has 1 aliphatic rings. The third kappa shape index (κ3) is 3.02. The van der Waals surface area contributed by atoms with Gasteiger partial charge in [0, 0.05) is 45.1 Å². The van der Waals surface area contributed by atoms with Crippen LogP contribution in [0, 0.1) is 13.0 Å². The van der Waals surface area contributed by atoms with Crippen LogP contribution >= 0.6 is 0 Å². The molecular weight excluding hydrogens is 301 g/mol. The maximum absolute atomic E-state index is 11.7. The van der Waals surface area contributed by atoms with Gasteiger partial charge in [0.2, 0.25) is 10.0 Å². The van der Waals surface area contributed by atoms with E-state index in [1.165, 1.54) is 4.31 Å². The Morgan fingerprint density at radius 3 is 2.75 bits per heavy atom. The summed E-state index contributed by atoms with van der Waals surface area (Å²) in [7, 11) is -3.14. The molecule has 0 aromatic carbocycles. The molecule has 0 atom stereocenters. The molecule has 0 spiro atoms. The molecule has 0 unspecified atom stereocenters. The van der Waals surface area contributed by atoms with Gasteiger partial charge in [-0.2, -0.15) is 6.07 Å². The summed E-state index contributed by atoms with van der Waals surface area (Å²) in [5.74, 6) is 0.711. The smallest absolute Gasteiger partial charge is 0.226 e. The predicted molar refractivity (Wildman–Crippen MR) is 58.2 cm³/mol. The van der Waals surface area contributed by atoms with Crippen molar-refractivity contribution < 1.29 is 41.1 Å². The Hall–Kier alpha value is 0.00390. The molecule has 0 amide bonds. The Bertz CT molecular complexity index is 444. The van der Waals surface area contributed by atoms with Gasteiger partial charge in [-0.1, -0.05) is 13.1 Å². The van der Waals surface area contributed by atoms with Gasteiger partial charge in [-0.25, -0.2) is 8.42 Å². The quantitative estimate of drug-likeness (QED) is 0.730. The Kier molecular flexibility index (Phi) is 4.89. The second kappa shape index (κ2) is 5.56. The number of anilines is 1. The van der Waals surface area contributed by atoms with Gasteiger partial charge < -0.3 is 9.29 Å². The van der Waals surface area contributed by atoms with E-state index in [4.69, 9.17) is 0 Å². The van der Waals surface area contributed by atoms with Crippen LogP contribution in [0.1, 0.15) is 18.4 Å². The summed E-state index contributed by atoms with van der Waals surface area (Å²) in [6.45, 7) is 2.41. The Balaban J connectivity index is 0.00000128. The Morgan fingerprint density at radius 1 is 1.44 bits per heavy atom. The van der Waals surface area contributed by atoms with Crippen LogP contribution < -0.4 is 4.31 Å². The van der Waals surface area contributed by atoms with Crippen molar-refractivity contribution in [2.75, 3.05) is 16.6 Å². The molecule has 1 radical (unpaired) electrons. The van der Waals surface area contributed by atoms with Crippen molar-refractivity contribution in [2.45, 2.75) is 19.8 Å². The minimum atomic E-state index is -3.14. The summed E-state index contributed by atoms with van der Waals surface area (Å²) in [5, 5.41) is 0. The SMILES string of the molecule is Cc1[c-]cc(N2CCCCS2(=O)=O)nc1.[Y]. The minimum Gasteiger partial charge on any atom is -0.367 e. The summed E-state index contributed by atoms with van der Waals surface area (Å²) >= 11 is 0. The number of sulfonamides is 1. The molecule has 6 heteroatoms. The molecule has 4 nitrogen and oxygen atoms in total. The third-order valence-corrected chi connectivity index (χ3v) is 4.27. The average molecular weight is 314 g/mol. The third-order valence-electron chi connectivity index (χ3n) is 2.42. The van der Waals surface area contributed by atoms with Gasteiger partial charge in [-0.15, -0.1) is 11.6 Å². The first-order valence-corrected chi connectivity index (χ1v) is 6.55. The molecule has 16 heavy (non-hydrogen) atoms. The van der Waals surface area contributed by atoms with E-state index in [9.17, 15) is 8.42 Å². The van der Waals surface area contributed by atoms with E-state index in [0.717, 1.165) is 18.4 Å². The first-order valence-electron chi connectivity index (χ1n) is 4.94. The van der Waals surface area contributed by atoms with Gasteiger partial charge >= 0.3 is 0 Å². The first-order chi connectivity index (χ1) is 7.09. The van der Waals surface area contributed by atoms with Crippen LogP contribution in [-0.2, 0) is 42.7 Å². The van der Waals surface area contributed by atoms with Crippen LogP contribution in [0.25, 0.3) is 0 Å². The minimum absolute atomic E-state index is 0. The van der Waals surface area contributed by atoms with Crippen molar-refractivity contribution in [3.05, 3.63) is 23.9 Å². The summed E-state index contributed by atoms with van der Waals surface area (Å²) in [6, 6.07) is 4.60. The van der Waals surface area contributed by atoms with E-state index in [-0.39, 0.29) is 38.5 Å². The summed E-state index contributed by atoms with van der Waals surface area (Å²) in [5.41, 5.74) is 0.910. The number of hydrogen-bond donors (Lipinski definition) is 0. The van der Waals surface area contributed by atoms with Gasteiger partial charge in [-0.05, 0) is 12.8 Å². The Morgan fingerprint density at radius 2 is 2.19 bits per heavy atom. The van der Waals surface area contributed by atoms with E-state index in [0.29, 0.717) is 12.4 Å². The van der Waals surface area contributed by atoms with E-state index in [1.807, 2.05) is 6.92 Å². The largest absolute Gasteiger partial charge is 0.367 e. The first kappa shape index (κ1) is 14.1. The monoisotopic (exact) mass is 314 g/mol. The molecule has 0 N–H and O–H groups in total. The van der Waals surface area contributed by atoms with Gasteiger partial charge in [0.1, 0.15) is 0 Å². The molecule has 2 rings (SSSR count). The fourth-order valence-electron chi connectivity index (χ4n) is 1.60. The maximum atomic E-state index is 11.7. The molecule has 0 bridgehead atoms. The van der Waals surface area contributed by atoms with Crippen molar-refractivity contribution in [1.29, 1.82) is 0 Å².